The van der Waals surface area contributed by atoms with Crippen LogP contribution < -0.4 is 5.46 Å². The summed E-state index contributed by atoms with van der Waals surface area (Å²) in [6.07, 6.45) is 6.95. The van der Waals surface area contributed by atoms with Crippen molar-refractivity contribution in [1.29, 1.82) is 0 Å². The minimum Gasteiger partial charge on any atom is -0.399 e. The molecule has 2 atom stereocenters. The lowest BCUT2D eigenvalue weighted by molar-refractivity contribution is -0.146. The normalized spacial score (nSPS) is 23.7. The van der Waals surface area contributed by atoms with Crippen molar-refractivity contribution in [1.82, 2.24) is 14.9 Å². The SMILES string of the molecule is CC1(C)OB(c2cnc(SCCC[C@@H]3CCCCN3C(=O)[C@H](O)CO)nc2)OC1(C)C. The van der Waals surface area contributed by atoms with Gasteiger partial charge in [-0.2, -0.15) is 0 Å². The lowest BCUT2D eigenvalue weighted by atomic mass is 9.81. The molecule has 1 amide bonds. The van der Waals surface area contributed by atoms with Crippen LogP contribution in [-0.2, 0) is 14.1 Å². The van der Waals surface area contributed by atoms with Crippen LogP contribution in [0, 0.1) is 0 Å². The van der Waals surface area contributed by atoms with Crippen molar-refractivity contribution in [3.05, 3.63) is 12.4 Å². The standard InChI is InChI=1S/C21H34BN3O5S/c1-20(2)21(3,4)30-22(29-20)15-12-23-19(24-13-15)31-11-7-9-16-8-5-6-10-25(16)18(28)17(27)14-26/h12-13,16-17,26-27H,5-11,14H2,1-4H3/t16-,17+/m0/s1. The van der Waals surface area contributed by atoms with Gasteiger partial charge in [0.15, 0.2) is 11.3 Å². The van der Waals surface area contributed by atoms with E-state index in [9.17, 15) is 9.90 Å². The van der Waals surface area contributed by atoms with Crippen molar-refractivity contribution in [2.45, 2.75) is 88.3 Å². The number of likely N-dealkylation sites (tertiary alicyclic amines) is 1. The number of amides is 1. The fraction of sp³-hybridized carbons (Fsp3) is 0.762. The van der Waals surface area contributed by atoms with Crippen LogP contribution in [-0.4, -0.2) is 80.4 Å². The molecule has 3 rings (SSSR count). The average molecular weight is 451 g/mol. The predicted molar refractivity (Wildman–Crippen MR) is 120 cm³/mol. The van der Waals surface area contributed by atoms with Gasteiger partial charge in [-0.25, -0.2) is 9.97 Å². The summed E-state index contributed by atoms with van der Waals surface area (Å²) in [6.45, 7) is 8.19. The van der Waals surface area contributed by atoms with E-state index in [2.05, 4.69) is 9.97 Å². The second-order valence-electron chi connectivity index (χ2n) is 9.26. The van der Waals surface area contributed by atoms with E-state index in [1.807, 2.05) is 27.7 Å². The van der Waals surface area contributed by atoms with Gasteiger partial charge in [0, 0.05) is 36.2 Å². The Hall–Kier alpha value is -1.20. The van der Waals surface area contributed by atoms with Crippen LogP contribution in [0.3, 0.4) is 0 Å². The highest BCUT2D eigenvalue weighted by molar-refractivity contribution is 7.99. The molecule has 2 saturated heterocycles. The molecule has 0 radical (unpaired) electrons. The molecule has 0 spiro atoms. The number of piperidine rings is 1. The van der Waals surface area contributed by atoms with Crippen molar-refractivity contribution >= 4 is 30.3 Å². The first-order valence-electron chi connectivity index (χ1n) is 11.0. The molecule has 0 unspecified atom stereocenters. The number of hydrogen-bond acceptors (Lipinski definition) is 8. The molecule has 3 heterocycles. The minimum absolute atomic E-state index is 0.120. The topological polar surface area (TPSA) is 105 Å². The van der Waals surface area contributed by atoms with Crippen LogP contribution in [0.1, 0.15) is 59.8 Å². The second-order valence-corrected chi connectivity index (χ2v) is 10.3. The van der Waals surface area contributed by atoms with E-state index in [0.717, 1.165) is 43.3 Å². The molecule has 2 aliphatic rings. The molecule has 0 aliphatic carbocycles. The number of hydrogen-bond donors (Lipinski definition) is 2. The highest BCUT2D eigenvalue weighted by atomic mass is 32.2. The highest BCUT2D eigenvalue weighted by Crippen LogP contribution is 2.36. The fourth-order valence-corrected chi connectivity index (χ4v) is 4.59. The van der Waals surface area contributed by atoms with Crippen molar-refractivity contribution in [3.8, 4) is 0 Å². The summed E-state index contributed by atoms with van der Waals surface area (Å²) < 4.78 is 12.1. The molecule has 2 N–H and O–H groups in total. The van der Waals surface area contributed by atoms with Gasteiger partial charge in [0.1, 0.15) is 0 Å². The van der Waals surface area contributed by atoms with Gasteiger partial charge in [-0.3, -0.25) is 4.79 Å². The number of carbonyl (C=O) groups excluding carboxylic acids is 1. The third-order valence-corrected chi connectivity index (χ3v) is 7.42. The lowest BCUT2D eigenvalue weighted by Crippen LogP contribution is -2.49. The van der Waals surface area contributed by atoms with E-state index < -0.39 is 31.0 Å². The molecule has 2 fully saturated rings. The number of thioether (sulfide) groups is 1. The molecule has 31 heavy (non-hydrogen) atoms. The van der Waals surface area contributed by atoms with Crippen LogP contribution in [0.15, 0.2) is 17.6 Å². The Balaban J connectivity index is 1.46. The van der Waals surface area contributed by atoms with Gasteiger partial charge in [0.05, 0.1) is 17.8 Å². The number of aliphatic hydroxyl groups is 2. The summed E-state index contributed by atoms with van der Waals surface area (Å²) in [6, 6.07) is 0.120. The van der Waals surface area contributed by atoms with Crippen LogP contribution >= 0.6 is 11.8 Å². The van der Waals surface area contributed by atoms with Gasteiger partial charge in [0.2, 0.25) is 0 Å². The van der Waals surface area contributed by atoms with Gasteiger partial charge in [-0.1, -0.05) is 11.8 Å². The van der Waals surface area contributed by atoms with E-state index in [1.165, 1.54) is 0 Å². The zero-order chi connectivity index (χ0) is 22.6. The van der Waals surface area contributed by atoms with Crippen molar-refractivity contribution in [3.63, 3.8) is 0 Å². The summed E-state index contributed by atoms with van der Waals surface area (Å²) in [5.74, 6) is 0.484. The molecule has 8 nitrogen and oxygen atoms in total. The summed E-state index contributed by atoms with van der Waals surface area (Å²) in [7, 11) is -0.465. The Labute approximate surface area is 189 Å². The fourth-order valence-electron chi connectivity index (χ4n) is 3.84. The summed E-state index contributed by atoms with van der Waals surface area (Å²) in [5.41, 5.74) is 0.0149. The second kappa shape index (κ2) is 10.2. The van der Waals surface area contributed by atoms with Crippen LogP contribution in [0.2, 0.25) is 0 Å². The maximum absolute atomic E-state index is 12.3. The molecule has 0 saturated carbocycles. The largest absolute Gasteiger partial charge is 0.498 e. The molecule has 1 aromatic rings. The molecular formula is C21H34BN3O5S. The Kier molecular flexibility index (Phi) is 8.02. The Morgan fingerprint density at radius 2 is 1.90 bits per heavy atom. The molecule has 2 aliphatic heterocycles. The van der Waals surface area contributed by atoms with Gasteiger partial charge in [-0.15, -0.1) is 0 Å². The van der Waals surface area contributed by atoms with Gasteiger partial charge >= 0.3 is 7.12 Å². The Morgan fingerprint density at radius 1 is 1.26 bits per heavy atom. The zero-order valence-electron chi connectivity index (χ0n) is 18.9. The van der Waals surface area contributed by atoms with Crippen LogP contribution in [0.5, 0.6) is 0 Å². The average Bonchev–Trinajstić information content (AvgIpc) is 2.97. The maximum Gasteiger partial charge on any atom is 0.498 e. The first kappa shape index (κ1) is 24.4. The first-order valence-corrected chi connectivity index (χ1v) is 12.0. The summed E-state index contributed by atoms with van der Waals surface area (Å²) in [4.78, 5) is 22.9. The molecule has 10 heteroatoms. The van der Waals surface area contributed by atoms with E-state index >= 15 is 0 Å². The monoisotopic (exact) mass is 451 g/mol. The molecule has 0 aromatic carbocycles. The predicted octanol–water partition coefficient (Wildman–Crippen LogP) is 1.38. The maximum atomic E-state index is 12.3. The smallest absolute Gasteiger partial charge is 0.399 e. The number of aromatic nitrogens is 2. The van der Waals surface area contributed by atoms with E-state index in [4.69, 9.17) is 14.4 Å². The lowest BCUT2D eigenvalue weighted by Gasteiger charge is -2.36. The Morgan fingerprint density at radius 3 is 2.52 bits per heavy atom. The number of rotatable bonds is 8. The van der Waals surface area contributed by atoms with Crippen molar-refractivity contribution in [2.24, 2.45) is 0 Å². The first-order chi connectivity index (χ1) is 14.6. The van der Waals surface area contributed by atoms with Gasteiger partial charge in [0.25, 0.3) is 5.91 Å². The molecular weight excluding hydrogens is 417 g/mol. The Bertz CT molecular complexity index is 733. The van der Waals surface area contributed by atoms with Gasteiger partial charge in [-0.05, 0) is 59.8 Å². The third kappa shape index (κ3) is 5.79. The molecule has 1 aromatic heterocycles. The minimum atomic E-state index is -1.31. The zero-order valence-corrected chi connectivity index (χ0v) is 19.7. The molecule has 0 bridgehead atoms. The summed E-state index contributed by atoms with van der Waals surface area (Å²) in [5, 5.41) is 19.5. The third-order valence-electron chi connectivity index (χ3n) is 6.45. The highest BCUT2D eigenvalue weighted by Gasteiger charge is 2.51. The summed E-state index contributed by atoms with van der Waals surface area (Å²) >= 11 is 1.58. The van der Waals surface area contributed by atoms with Crippen molar-refractivity contribution < 1.29 is 24.3 Å². The number of aliphatic hydroxyl groups excluding tert-OH is 2. The van der Waals surface area contributed by atoms with E-state index in [1.54, 1.807) is 29.1 Å². The van der Waals surface area contributed by atoms with Crippen LogP contribution in [0.4, 0.5) is 0 Å². The quantitative estimate of drug-likeness (QED) is 0.264. The van der Waals surface area contributed by atoms with Gasteiger partial charge < -0.3 is 24.4 Å². The van der Waals surface area contributed by atoms with E-state index in [-0.39, 0.29) is 11.9 Å². The van der Waals surface area contributed by atoms with Crippen LogP contribution in [0.25, 0.3) is 0 Å². The van der Waals surface area contributed by atoms with E-state index in [0.29, 0.717) is 11.7 Å². The molecule has 172 valence electrons. The number of carbonyl (C=O) groups is 1. The van der Waals surface area contributed by atoms with Crippen molar-refractivity contribution in [2.75, 3.05) is 18.9 Å². The number of nitrogens with zero attached hydrogens (tertiary/aromatic N) is 3.